The summed E-state index contributed by atoms with van der Waals surface area (Å²) in [5.41, 5.74) is 3.52. The van der Waals surface area contributed by atoms with Gasteiger partial charge in [-0.25, -0.2) is 0 Å². The topological polar surface area (TPSA) is 42.1 Å². The lowest BCUT2D eigenvalue weighted by Gasteiger charge is -1.98. The SMILES string of the molecule is Cc1cc(C)c(CCOC=O)[nH]1. The molecule has 0 aliphatic heterocycles. The van der Waals surface area contributed by atoms with E-state index < -0.39 is 0 Å². The first-order chi connectivity index (χ1) is 5.74. The number of H-pyrrole nitrogens is 1. The zero-order valence-electron chi connectivity index (χ0n) is 7.39. The van der Waals surface area contributed by atoms with Gasteiger partial charge in [-0.3, -0.25) is 4.79 Å². The van der Waals surface area contributed by atoms with Crippen LogP contribution in [0.15, 0.2) is 6.07 Å². The highest BCUT2D eigenvalue weighted by Gasteiger charge is 2.00. The van der Waals surface area contributed by atoms with Crippen molar-refractivity contribution >= 4 is 6.47 Å². The van der Waals surface area contributed by atoms with Crippen LogP contribution in [0.2, 0.25) is 0 Å². The third-order valence-corrected chi connectivity index (χ3v) is 1.80. The van der Waals surface area contributed by atoms with E-state index in [1.54, 1.807) is 0 Å². The number of carbonyl (C=O) groups is 1. The minimum atomic E-state index is 0.449. The molecule has 0 radical (unpaired) electrons. The fourth-order valence-electron chi connectivity index (χ4n) is 1.25. The number of rotatable bonds is 4. The molecule has 0 unspecified atom stereocenters. The molecule has 0 atom stereocenters. The van der Waals surface area contributed by atoms with Gasteiger partial charge in [0.15, 0.2) is 0 Å². The number of carbonyl (C=O) groups excluding carboxylic acids is 1. The minimum Gasteiger partial charge on any atom is -0.467 e. The van der Waals surface area contributed by atoms with Crippen molar-refractivity contribution in [2.24, 2.45) is 0 Å². The molecule has 0 aromatic carbocycles. The lowest BCUT2D eigenvalue weighted by Crippen LogP contribution is -1.98. The van der Waals surface area contributed by atoms with Crippen LogP contribution < -0.4 is 0 Å². The summed E-state index contributed by atoms with van der Waals surface area (Å²) in [5.74, 6) is 0. The van der Waals surface area contributed by atoms with Crippen molar-refractivity contribution in [1.29, 1.82) is 0 Å². The lowest BCUT2D eigenvalue weighted by molar-refractivity contribution is -0.128. The molecule has 12 heavy (non-hydrogen) atoms. The van der Waals surface area contributed by atoms with Crippen LogP contribution in [0.25, 0.3) is 0 Å². The predicted molar refractivity (Wildman–Crippen MR) is 46.0 cm³/mol. The summed E-state index contributed by atoms with van der Waals surface area (Å²) in [6.07, 6.45) is 0.762. The van der Waals surface area contributed by atoms with Crippen molar-refractivity contribution in [3.05, 3.63) is 23.0 Å². The lowest BCUT2D eigenvalue weighted by atomic mass is 10.2. The van der Waals surface area contributed by atoms with Gasteiger partial charge in [0, 0.05) is 17.8 Å². The van der Waals surface area contributed by atoms with Gasteiger partial charge in [-0.2, -0.15) is 0 Å². The monoisotopic (exact) mass is 167 g/mol. The number of nitrogens with one attached hydrogen (secondary N) is 1. The molecular weight excluding hydrogens is 154 g/mol. The number of aromatic amines is 1. The zero-order valence-corrected chi connectivity index (χ0v) is 7.39. The highest BCUT2D eigenvalue weighted by atomic mass is 16.5. The van der Waals surface area contributed by atoms with Crippen molar-refractivity contribution < 1.29 is 9.53 Å². The van der Waals surface area contributed by atoms with Gasteiger partial charge in [-0.15, -0.1) is 0 Å². The van der Waals surface area contributed by atoms with Gasteiger partial charge in [-0.1, -0.05) is 0 Å². The van der Waals surface area contributed by atoms with Crippen LogP contribution in [-0.4, -0.2) is 18.1 Å². The Hall–Kier alpha value is -1.25. The van der Waals surface area contributed by atoms with Gasteiger partial charge in [0.05, 0.1) is 6.61 Å². The van der Waals surface area contributed by atoms with E-state index in [1.165, 1.54) is 5.56 Å². The normalized spacial score (nSPS) is 9.83. The highest BCUT2D eigenvalue weighted by molar-refractivity contribution is 5.37. The predicted octanol–water partition coefficient (Wildman–Crippen LogP) is 1.35. The average Bonchev–Trinajstić information content (AvgIpc) is 2.31. The number of aromatic nitrogens is 1. The highest BCUT2D eigenvalue weighted by Crippen LogP contribution is 2.08. The van der Waals surface area contributed by atoms with Crippen LogP contribution in [0.4, 0.5) is 0 Å². The smallest absolute Gasteiger partial charge is 0.293 e. The summed E-state index contributed by atoms with van der Waals surface area (Å²) in [7, 11) is 0. The minimum absolute atomic E-state index is 0.449. The second-order valence-electron chi connectivity index (χ2n) is 2.83. The van der Waals surface area contributed by atoms with Crippen molar-refractivity contribution in [3.63, 3.8) is 0 Å². The number of aryl methyl sites for hydroxylation is 2. The Morgan fingerprint density at radius 3 is 2.83 bits per heavy atom. The second-order valence-corrected chi connectivity index (χ2v) is 2.83. The molecule has 0 saturated carbocycles. The van der Waals surface area contributed by atoms with Crippen LogP contribution in [-0.2, 0) is 16.0 Å². The van der Waals surface area contributed by atoms with Crippen LogP contribution in [0.1, 0.15) is 17.0 Å². The number of hydrogen-bond acceptors (Lipinski definition) is 2. The quantitative estimate of drug-likeness (QED) is 0.543. The third-order valence-electron chi connectivity index (χ3n) is 1.80. The van der Waals surface area contributed by atoms with E-state index in [2.05, 4.69) is 15.8 Å². The van der Waals surface area contributed by atoms with E-state index in [0.717, 1.165) is 17.8 Å². The Kier molecular flexibility index (Phi) is 2.91. The first-order valence-electron chi connectivity index (χ1n) is 3.94. The molecule has 0 fully saturated rings. The van der Waals surface area contributed by atoms with Crippen molar-refractivity contribution in [2.45, 2.75) is 20.3 Å². The first kappa shape index (κ1) is 8.84. The van der Waals surface area contributed by atoms with Crippen molar-refractivity contribution in [2.75, 3.05) is 6.61 Å². The molecule has 1 heterocycles. The molecule has 0 bridgehead atoms. The summed E-state index contributed by atoms with van der Waals surface area (Å²) in [6, 6.07) is 2.08. The van der Waals surface area contributed by atoms with Gasteiger partial charge in [0.2, 0.25) is 0 Å². The molecule has 0 aliphatic carbocycles. The Morgan fingerprint density at radius 2 is 2.33 bits per heavy atom. The molecule has 3 heteroatoms. The molecule has 0 aliphatic rings. The summed E-state index contributed by atoms with van der Waals surface area (Å²) in [5, 5.41) is 0. The van der Waals surface area contributed by atoms with Gasteiger partial charge in [-0.05, 0) is 25.5 Å². The molecule has 0 spiro atoms. The Balaban J connectivity index is 2.50. The molecule has 1 aromatic rings. The van der Waals surface area contributed by atoms with Gasteiger partial charge in [0.25, 0.3) is 6.47 Å². The molecule has 66 valence electrons. The second kappa shape index (κ2) is 3.95. The van der Waals surface area contributed by atoms with Crippen LogP contribution in [0.5, 0.6) is 0 Å². The summed E-state index contributed by atoms with van der Waals surface area (Å²) < 4.78 is 4.60. The number of ether oxygens (including phenoxy) is 1. The van der Waals surface area contributed by atoms with E-state index in [4.69, 9.17) is 0 Å². The van der Waals surface area contributed by atoms with Gasteiger partial charge >= 0.3 is 0 Å². The van der Waals surface area contributed by atoms with E-state index >= 15 is 0 Å². The van der Waals surface area contributed by atoms with Crippen LogP contribution >= 0.6 is 0 Å². The van der Waals surface area contributed by atoms with E-state index in [1.807, 2.05) is 13.8 Å². The van der Waals surface area contributed by atoms with E-state index in [-0.39, 0.29) is 0 Å². The third kappa shape index (κ3) is 2.12. The van der Waals surface area contributed by atoms with E-state index in [0.29, 0.717) is 13.1 Å². The van der Waals surface area contributed by atoms with Crippen LogP contribution in [0, 0.1) is 13.8 Å². The molecule has 3 nitrogen and oxygen atoms in total. The standard InChI is InChI=1S/C9H13NO2/c1-7-5-8(2)10-9(7)3-4-12-6-11/h5-6,10H,3-4H2,1-2H3. The maximum Gasteiger partial charge on any atom is 0.293 e. The maximum absolute atomic E-state index is 9.85. The van der Waals surface area contributed by atoms with Crippen molar-refractivity contribution in [1.82, 2.24) is 4.98 Å². The summed E-state index contributed by atoms with van der Waals surface area (Å²) in [6.45, 7) is 4.98. The Morgan fingerprint density at radius 1 is 1.58 bits per heavy atom. The fourth-order valence-corrected chi connectivity index (χ4v) is 1.25. The molecule has 0 saturated heterocycles. The van der Waals surface area contributed by atoms with Crippen LogP contribution in [0.3, 0.4) is 0 Å². The van der Waals surface area contributed by atoms with Gasteiger partial charge in [0.1, 0.15) is 0 Å². The maximum atomic E-state index is 9.85. The molecule has 1 N–H and O–H groups in total. The molecule has 0 amide bonds. The largest absolute Gasteiger partial charge is 0.467 e. The Labute approximate surface area is 71.7 Å². The Bertz CT molecular complexity index is 265. The molecule has 1 aromatic heterocycles. The molecule has 1 rings (SSSR count). The summed E-state index contributed by atoms with van der Waals surface area (Å²) in [4.78, 5) is 13.1. The first-order valence-corrected chi connectivity index (χ1v) is 3.94. The van der Waals surface area contributed by atoms with E-state index in [9.17, 15) is 4.79 Å². The fraction of sp³-hybridized carbons (Fsp3) is 0.444. The number of hydrogen-bond donors (Lipinski definition) is 1. The summed E-state index contributed by atoms with van der Waals surface area (Å²) >= 11 is 0. The zero-order chi connectivity index (χ0) is 8.97. The average molecular weight is 167 g/mol. The van der Waals surface area contributed by atoms with Gasteiger partial charge < -0.3 is 9.72 Å². The van der Waals surface area contributed by atoms with Crippen molar-refractivity contribution in [3.8, 4) is 0 Å². The molecular formula is C9H13NO2.